The summed E-state index contributed by atoms with van der Waals surface area (Å²) >= 11 is 3.07. The molecule has 0 aliphatic carbocycles. The summed E-state index contributed by atoms with van der Waals surface area (Å²) in [6.07, 6.45) is 1.85. The Morgan fingerprint density at radius 1 is 1.57 bits per heavy atom. The molecule has 21 heavy (non-hydrogen) atoms. The maximum Gasteiger partial charge on any atom is 0.265 e. The van der Waals surface area contributed by atoms with E-state index in [1.165, 1.54) is 11.3 Å². The number of thiazole rings is 1. The molecule has 0 spiro atoms. The maximum atomic E-state index is 12.1. The molecule has 0 saturated carbocycles. The zero-order valence-electron chi connectivity index (χ0n) is 11.8. The van der Waals surface area contributed by atoms with Gasteiger partial charge in [0.2, 0.25) is 0 Å². The van der Waals surface area contributed by atoms with Gasteiger partial charge in [0, 0.05) is 31.1 Å². The lowest BCUT2D eigenvalue weighted by Crippen LogP contribution is -2.36. The van der Waals surface area contributed by atoms with Crippen LogP contribution in [0.25, 0.3) is 0 Å². The van der Waals surface area contributed by atoms with Crippen molar-refractivity contribution in [3.8, 4) is 0 Å². The van der Waals surface area contributed by atoms with E-state index in [0.29, 0.717) is 30.5 Å². The number of ether oxygens (including phenoxy) is 1. The topological polar surface area (TPSA) is 80.5 Å². The van der Waals surface area contributed by atoms with Gasteiger partial charge in [-0.2, -0.15) is 11.8 Å². The third kappa shape index (κ3) is 4.62. The number of carbonyl (C=O) groups is 1. The Bertz CT molecular complexity index is 487. The molecule has 1 fully saturated rings. The Hall–Kier alpha value is -1.25. The molecule has 1 aromatic heterocycles. The summed E-state index contributed by atoms with van der Waals surface area (Å²) < 4.78 is 5.31. The normalized spacial score (nSPS) is 15.0. The molecule has 116 valence electrons. The van der Waals surface area contributed by atoms with Gasteiger partial charge < -0.3 is 20.7 Å². The SMILES string of the molecule is C=CCSCCNC(=O)c1sc(N2CCOCC2)nc1N. The van der Waals surface area contributed by atoms with Gasteiger partial charge in [0.1, 0.15) is 10.7 Å². The molecule has 0 aromatic carbocycles. The smallest absolute Gasteiger partial charge is 0.265 e. The fraction of sp³-hybridized carbons (Fsp3) is 0.538. The summed E-state index contributed by atoms with van der Waals surface area (Å²) in [5, 5.41) is 3.66. The number of nitrogens with zero attached hydrogens (tertiary/aromatic N) is 2. The van der Waals surface area contributed by atoms with Crippen LogP contribution in [0.3, 0.4) is 0 Å². The van der Waals surface area contributed by atoms with E-state index in [2.05, 4.69) is 21.8 Å². The second-order valence-electron chi connectivity index (χ2n) is 4.43. The number of thioether (sulfide) groups is 1. The molecule has 1 aliphatic rings. The molecular weight excluding hydrogens is 308 g/mol. The van der Waals surface area contributed by atoms with Crippen LogP contribution in [-0.2, 0) is 4.74 Å². The molecule has 0 bridgehead atoms. The van der Waals surface area contributed by atoms with Gasteiger partial charge in [0.25, 0.3) is 5.91 Å². The first-order valence-electron chi connectivity index (χ1n) is 6.78. The number of hydrogen-bond acceptors (Lipinski definition) is 7. The van der Waals surface area contributed by atoms with Crippen molar-refractivity contribution in [3.63, 3.8) is 0 Å². The highest BCUT2D eigenvalue weighted by Crippen LogP contribution is 2.28. The average Bonchev–Trinajstić information content (AvgIpc) is 2.90. The van der Waals surface area contributed by atoms with E-state index in [1.807, 2.05) is 6.08 Å². The number of nitrogen functional groups attached to an aromatic ring is 1. The zero-order chi connectivity index (χ0) is 15.1. The van der Waals surface area contributed by atoms with Crippen molar-refractivity contribution < 1.29 is 9.53 Å². The molecule has 1 amide bonds. The maximum absolute atomic E-state index is 12.1. The van der Waals surface area contributed by atoms with Gasteiger partial charge in [-0.3, -0.25) is 4.79 Å². The van der Waals surface area contributed by atoms with Crippen molar-refractivity contribution in [1.82, 2.24) is 10.3 Å². The van der Waals surface area contributed by atoms with Gasteiger partial charge >= 0.3 is 0 Å². The summed E-state index contributed by atoms with van der Waals surface area (Å²) in [6.45, 7) is 7.20. The average molecular weight is 328 g/mol. The minimum absolute atomic E-state index is 0.149. The molecule has 2 heterocycles. The Labute approximate surface area is 132 Å². The predicted molar refractivity (Wildman–Crippen MR) is 89.4 cm³/mol. The molecule has 0 unspecified atom stereocenters. The van der Waals surface area contributed by atoms with Crippen LogP contribution in [0.5, 0.6) is 0 Å². The van der Waals surface area contributed by atoms with Gasteiger partial charge in [-0.15, -0.1) is 6.58 Å². The van der Waals surface area contributed by atoms with E-state index in [1.54, 1.807) is 11.8 Å². The van der Waals surface area contributed by atoms with Gasteiger partial charge in [-0.1, -0.05) is 17.4 Å². The second kappa shape index (κ2) is 8.26. The number of nitrogens with one attached hydrogen (secondary N) is 1. The molecule has 3 N–H and O–H groups in total. The van der Waals surface area contributed by atoms with Gasteiger partial charge in [0.15, 0.2) is 5.13 Å². The second-order valence-corrected chi connectivity index (χ2v) is 6.56. The fourth-order valence-corrected chi connectivity index (χ4v) is 3.39. The van der Waals surface area contributed by atoms with E-state index in [4.69, 9.17) is 10.5 Å². The van der Waals surface area contributed by atoms with Gasteiger partial charge in [-0.25, -0.2) is 4.98 Å². The number of nitrogens with two attached hydrogens (primary N) is 1. The molecule has 6 nitrogen and oxygen atoms in total. The third-order valence-corrected chi connectivity index (χ3v) is 4.99. The molecule has 1 aromatic rings. The lowest BCUT2D eigenvalue weighted by molar-refractivity contribution is 0.0961. The van der Waals surface area contributed by atoms with Crippen molar-refractivity contribution in [2.24, 2.45) is 0 Å². The van der Waals surface area contributed by atoms with Crippen LogP contribution < -0.4 is 16.0 Å². The number of aromatic nitrogens is 1. The van der Waals surface area contributed by atoms with Crippen molar-refractivity contribution in [2.75, 3.05) is 55.0 Å². The van der Waals surface area contributed by atoms with Crippen LogP contribution in [-0.4, -0.2) is 55.2 Å². The summed E-state index contributed by atoms with van der Waals surface area (Å²) in [5.41, 5.74) is 5.86. The number of anilines is 2. The Morgan fingerprint density at radius 2 is 2.33 bits per heavy atom. The van der Waals surface area contributed by atoms with Crippen molar-refractivity contribution >= 4 is 40.0 Å². The van der Waals surface area contributed by atoms with Crippen LogP contribution in [0.15, 0.2) is 12.7 Å². The Kier molecular flexibility index (Phi) is 6.34. The van der Waals surface area contributed by atoms with E-state index in [0.717, 1.165) is 29.7 Å². The number of morpholine rings is 1. The molecule has 0 radical (unpaired) electrons. The zero-order valence-corrected chi connectivity index (χ0v) is 13.5. The van der Waals surface area contributed by atoms with Gasteiger partial charge in [-0.05, 0) is 0 Å². The van der Waals surface area contributed by atoms with E-state index in [9.17, 15) is 4.79 Å². The predicted octanol–water partition coefficient (Wildman–Crippen LogP) is 1.21. The van der Waals surface area contributed by atoms with Crippen LogP contribution in [0, 0.1) is 0 Å². The summed E-state index contributed by atoms with van der Waals surface area (Å²) in [7, 11) is 0. The van der Waals surface area contributed by atoms with Crippen molar-refractivity contribution in [2.45, 2.75) is 0 Å². The highest BCUT2D eigenvalue weighted by Gasteiger charge is 2.20. The van der Waals surface area contributed by atoms with E-state index in [-0.39, 0.29) is 5.91 Å². The Morgan fingerprint density at radius 3 is 3.05 bits per heavy atom. The first kappa shape index (κ1) is 16.1. The summed E-state index contributed by atoms with van der Waals surface area (Å²) in [4.78, 5) is 19.0. The van der Waals surface area contributed by atoms with Crippen LogP contribution in [0.1, 0.15) is 9.67 Å². The minimum atomic E-state index is -0.149. The summed E-state index contributed by atoms with van der Waals surface area (Å²) in [5.74, 6) is 1.90. The minimum Gasteiger partial charge on any atom is -0.382 e. The van der Waals surface area contributed by atoms with Crippen LogP contribution >= 0.6 is 23.1 Å². The first-order valence-corrected chi connectivity index (χ1v) is 8.75. The highest BCUT2D eigenvalue weighted by atomic mass is 32.2. The monoisotopic (exact) mass is 328 g/mol. The van der Waals surface area contributed by atoms with Crippen molar-refractivity contribution in [3.05, 3.63) is 17.5 Å². The van der Waals surface area contributed by atoms with Crippen molar-refractivity contribution in [1.29, 1.82) is 0 Å². The first-order chi connectivity index (χ1) is 10.2. The number of amides is 1. The molecule has 0 atom stereocenters. The number of carbonyl (C=O) groups excluding carboxylic acids is 1. The molecular formula is C13H20N4O2S2. The molecule has 1 saturated heterocycles. The molecule has 8 heteroatoms. The molecule has 2 rings (SSSR count). The quantitative estimate of drug-likeness (QED) is 0.578. The van der Waals surface area contributed by atoms with Crippen LogP contribution in [0.4, 0.5) is 10.9 Å². The molecule has 1 aliphatic heterocycles. The number of hydrogen-bond donors (Lipinski definition) is 2. The lowest BCUT2D eigenvalue weighted by atomic mass is 10.4. The van der Waals surface area contributed by atoms with E-state index >= 15 is 0 Å². The highest BCUT2D eigenvalue weighted by molar-refractivity contribution is 7.99. The Balaban J connectivity index is 1.88. The standard InChI is InChI=1S/C13H20N4O2S2/c1-2-8-20-9-3-15-12(18)10-11(14)16-13(21-10)17-4-6-19-7-5-17/h2H,1,3-9,14H2,(H,15,18). The van der Waals surface area contributed by atoms with Gasteiger partial charge in [0.05, 0.1) is 13.2 Å². The summed E-state index contributed by atoms with van der Waals surface area (Å²) in [6, 6.07) is 0. The fourth-order valence-electron chi connectivity index (χ4n) is 1.86. The third-order valence-electron chi connectivity index (χ3n) is 2.90. The largest absolute Gasteiger partial charge is 0.382 e. The number of rotatable bonds is 7. The van der Waals surface area contributed by atoms with Crippen LogP contribution in [0.2, 0.25) is 0 Å². The lowest BCUT2D eigenvalue weighted by Gasteiger charge is -2.25. The van der Waals surface area contributed by atoms with E-state index < -0.39 is 0 Å².